The third-order valence-electron chi connectivity index (χ3n) is 2.96. The van der Waals surface area contributed by atoms with Gasteiger partial charge in [-0.1, -0.05) is 12.1 Å². The van der Waals surface area contributed by atoms with E-state index in [4.69, 9.17) is 4.74 Å². The smallest absolute Gasteiger partial charge is 0.145 e. The molecule has 1 saturated heterocycles. The van der Waals surface area contributed by atoms with Crippen molar-refractivity contribution in [1.29, 1.82) is 0 Å². The fourth-order valence-corrected chi connectivity index (χ4v) is 2.09. The van der Waals surface area contributed by atoms with Crippen molar-refractivity contribution in [3.8, 4) is 0 Å². The van der Waals surface area contributed by atoms with Gasteiger partial charge in [-0.05, 0) is 25.0 Å². The molecule has 0 radical (unpaired) electrons. The molecule has 1 aliphatic rings. The molecule has 1 N–H and O–H groups in total. The van der Waals surface area contributed by atoms with E-state index in [2.05, 4.69) is 15.3 Å². The summed E-state index contributed by atoms with van der Waals surface area (Å²) in [5.41, 5.74) is 1.85. The van der Waals surface area contributed by atoms with Crippen molar-refractivity contribution in [2.45, 2.75) is 18.9 Å². The molecule has 1 aromatic heterocycles. The SMILES string of the molecule is c1ccc2nc(NC3CCCOC3)cnc2c1. The van der Waals surface area contributed by atoms with Crippen molar-refractivity contribution < 1.29 is 4.74 Å². The molecule has 0 saturated carbocycles. The molecule has 1 atom stereocenters. The molecule has 88 valence electrons. The summed E-state index contributed by atoms with van der Waals surface area (Å²) >= 11 is 0. The van der Waals surface area contributed by atoms with Crippen LogP contribution in [0.25, 0.3) is 11.0 Å². The zero-order valence-corrected chi connectivity index (χ0v) is 9.60. The van der Waals surface area contributed by atoms with Crippen LogP contribution in [0.15, 0.2) is 30.5 Å². The maximum atomic E-state index is 5.43. The van der Waals surface area contributed by atoms with E-state index in [1.807, 2.05) is 24.3 Å². The normalized spacial score (nSPS) is 20.4. The number of hydrogen-bond donors (Lipinski definition) is 1. The van der Waals surface area contributed by atoms with E-state index in [1.54, 1.807) is 6.20 Å². The highest BCUT2D eigenvalue weighted by atomic mass is 16.5. The number of ether oxygens (including phenoxy) is 1. The Labute approximate surface area is 100 Å². The van der Waals surface area contributed by atoms with Crippen molar-refractivity contribution in [2.24, 2.45) is 0 Å². The Hall–Kier alpha value is -1.68. The van der Waals surface area contributed by atoms with Gasteiger partial charge in [-0.3, -0.25) is 4.98 Å². The van der Waals surface area contributed by atoms with Crippen LogP contribution in [-0.2, 0) is 4.74 Å². The minimum absolute atomic E-state index is 0.360. The van der Waals surface area contributed by atoms with Gasteiger partial charge in [-0.15, -0.1) is 0 Å². The molecule has 17 heavy (non-hydrogen) atoms. The first kappa shape index (κ1) is 10.5. The second-order valence-electron chi connectivity index (χ2n) is 4.30. The Balaban J connectivity index is 1.80. The van der Waals surface area contributed by atoms with Gasteiger partial charge in [-0.25, -0.2) is 4.98 Å². The highest BCUT2D eigenvalue weighted by molar-refractivity contribution is 5.75. The van der Waals surface area contributed by atoms with Crippen molar-refractivity contribution in [3.63, 3.8) is 0 Å². The lowest BCUT2D eigenvalue weighted by Gasteiger charge is -2.23. The second-order valence-corrected chi connectivity index (χ2v) is 4.30. The third kappa shape index (κ3) is 2.36. The number of nitrogens with one attached hydrogen (secondary N) is 1. The van der Waals surface area contributed by atoms with Gasteiger partial charge in [0.25, 0.3) is 0 Å². The molecule has 4 heteroatoms. The van der Waals surface area contributed by atoms with Crippen molar-refractivity contribution >= 4 is 16.9 Å². The van der Waals surface area contributed by atoms with Crippen LogP contribution in [0.4, 0.5) is 5.82 Å². The molecule has 0 bridgehead atoms. The summed E-state index contributed by atoms with van der Waals surface area (Å²) in [6.45, 7) is 1.64. The molecule has 0 spiro atoms. The topological polar surface area (TPSA) is 47.0 Å². The summed E-state index contributed by atoms with van der Waals surface area (Å²) in [4.78, 5) is 8.92. The fourth-order valence-electron chi connectivity index (χ4n) is 2.09. The van der Waals surface area contributed by atoms with Crippen molar-refractivity contribution in [2.75, 3.05) is 18.5 Å². The van der Waals surface area contributed by atoms with Crippen LogP contribution in [0.5, 0.6) is 0 Å². The van der Waals surface area contributed by atoms with E-state index in [0.717, 1.165) is 42.9 Å². The zero-order valence-electron chi connectivity index (χ0n) is 9.60. The van der Waals surface area contributed by atoms with Gasteiger partial charge in [0.1, 0.15) is 5.82 Å². The largest absolute Gasteiger partial charge is 0.379 e. The number of hydrogen-bond acceptors (Lipinski definition) is 4. The predicted molar refractivity (Wildman–Crippen MR) is 67.0 cm³/mol. The Kier molecular flexibility index (Phi) is 2.88. The van der Waals surface area contributed by atoms with E-state index in [-0.39, 0.29) is 0 Å². The number of anilines is 1. The van der Waals surface area contributed by atoms with Crippen molar-refractivity contribution in [1.82, 2.24) is 9.97 Å². The van der Waals surface area contributed by atoms with Gasteiger partial charge in [0.05, 0.1) is 29.9 Å². The lowest BCUT2D eigenvalue weighted by atomic mass is 10.1. The van der Waals surface area contributed by atoms with E-state index < -0.39 is 0 Å². The van der Waals surface area contributed by atoms with Gasteiger partial charge in [0, 0.05) is 6.61 Å². The quantitative estimate of drug-likeness (QED) is 0.857. The number of benzene rings is 1. The monoisotopic (exact) mass is 229 g/mol. The summed E-state index contributed by atoms with van der Waals surface area (Å²) < 4.78 is 5.43. The number of aromatic nitrogens is 2. The van der Waals surface area contributed by atoms with E-state index >= 15 is 0 Å². The maximum Gasteiger partial charge on any atom is 0.145 e. The fraction of sp³-hybridized carbons (Fsp3) is 0.385. The Morgan fingerprint density at radius 2 is 2.12 bits per heavy atom. The maximum absolute atomic E-state index is 5.43. The summed E-state index contributed by atoms with van der Waals surface area (Å²) in [5.74, 6) is 0.833. The Bertz CT molecular complexity index is 509. The summed E-state index contributed by atoms with van der Waals surface area (Å²) in [6.07, 6.45) is 4.03. The Morgan fingerprint density at radius 1 is 1.24 bits per heavy atom. The van der Waals surface area contributed by atoms with Crippen LogP contribution in [0.2, 0.25) is 0 Å². The van der Waals surface area contributed by atoms with Crippen LogP contribution >= 0.6 is 0 Å². The van der Waals surface area contributed by atoms with Gasteiger partial charge in [-0.2, -0.15) is 0 Å². The molecule has 1 unspecified atom stereocenters. The summed E-state index contributed by atoms with van der Waals surface area (Å²) in [5, 5.41) is 3.37. The van der Waals surface area contributed by atoms with Crippen LogP contribution in [-0.4, -0.2) is 29.2 Å². The summed E-state index contributed by atoms with van der Waals surface area (Å²) in [7, 11) is 0. The van der Waals surface area contributed by atoms with Crippen molar-refractivity contribution in [3.05, 3.63) is 30.5 Å². The molecule has 4 nitrogen and oxygen atoms in total. The predicted octanol–water partition coefficient (Wildman–Crippen LogP) is 2.22. The average Bonchev–Trinajstić information content (AvgIpc) is 2.40. The van der Waals surface area contributed by atoms with Gasteiger partial charge < -0.3 is 10.1 Å². The summed E-state index contributed by atoms with van der Waals surface area (Å²) in [6, 6.07) is 8.25. The molecular formula is C13H15N3O. The molecular weight excluding hydrogens is 214 g/mol. The van der Waals surface area contributed by atoms with Crippen LogP contribution < -0.4 is 5.32 Å². The highest BCUT2D eigenvalue weighted by Gasteiger charge is 2.14. The first-order valence-electron chi connectivity index (χ1n) is 5.98. The minimum Gasteiger partial charge on any atom is -0.379 e. The molecule has 2 aromatic rings. The zero-order chi connectivity index (χ0) is 11.5. The van der Waals surface area contributed by atoms with Gasteiger partial charge in [0.2, 0.25) is 0 Å². The highest BCUT2D eigenvalue weighted by Crippen LogP contribution is 2.15. The second kappa shape index (κ2) is 4.67. The lowest BCUT2D eigenvalue weighted by molar-refractivity contribution is 0.0875. The molecule has 0 aliphatic carbocycles. The van der Waals surface area contributed by atoms with Crippen LogP contribution in [0.1, 0.15) is 12.8 Å². The van der Waals surface area contributed by atoms with Crippen LogP contribution in [0.3, 0.4) is 0 Å². The molecule has 1 aromatic carbocycles. The molecule has 0 amide bonds. The molecule has 1 fully saturated rings. The number of para-hydroxylation sites is 2. The van der Waals surface area contributed by atoms with Gasteiger partial charge >= 0.3 is 0 Å². The van der Waals surface area contributed by atoms with E-state index in [9.17, 15) is 0 Å². The van der Waals surface area contributed by atoms with E-state index in [1.165, 1.54) is 0 Å². The average molecular weight is 229 g/mol. The third-order valence-corrected chi connectivity index (χ3v) is 2.96. The first-order valence-corrected chi connectivity index (χ1v) is 5.98. The van der Waals surface area contributed by atoms with Crippen LogP contribution in [0, 0.1) is 0 Å². The molecule has 1 aliphatic heterocycles. The number of nitrogens with zero attached hydrogens (tertiary/aromatic N) is 2. The molecule has 2 heterocycles. The number of rotatable bonds is 2. The van der Waals surface area contributed by atoms with Gasteiger partial charge in [0.15, 0.2) is 0 Å². The number of fused-ring (bicyclic) bond motifs is 1. The minimum atomic E-state index is 0.360. The Morgan fingerprint density at radius 3 is 2.94 bits per heavy atom. The first-order chi connectivity index (χ1) is 8.42. The van der Waals surface area contributed by atoms with E-state index in [0.29, 0.717) is 6.04 Å². The standard InChI is InChI=1S/C13H15N3O/c1-2-6-12-11(5-1)14-8-13(16-12)15-10-4-3-7-17-9-10/h1-2,5-6,8,10H,3-4,7,9H2,(H,15,16). The lowest BCUT2D eigenvalue weighted by Crippen LogP contribution is -2.30. The molecule has 3 rings (SSSR count).